The van der Waals surface area contributed by atoms with Gasteiger partial charge in [0, 0.05) is 0 Å². The van der Waals surface area contributed by atoms with Gasteiger partial charge in [-0.05, 0) is 32.6 Å². The Kier molecular flexibility index (Phi) is 2.47. The highest BCUT2D eigenvalue weighted by Crippen LogP contribution is 2.22. The maximum atomic E-state index is 5.59. The fraction of sp³-hybridized carbons (Fsp3) is 0.667. The molecule has 1 aliphatic carbocycles. The van der Waals surface area contributed by atoms with E-state index in [1.807, 2.05) is 0 Å². The van der Waals surface area contributed by atoms with E-state index in [1.54, 1.807) is 6.92 Å². The molecule has 1 heterocycles. The third-order valence-corrected chi connectivity index (χ3v) is 2.32. The number of aromatic nitrogens is 3. The summed E-state index contributed by atoms with van der Waals surface area (Å²) < 4.78 is 5.59. The van der Waals surface area contributed by atoms with Gasteiger partial charge in [0.2, 0.25) is 5.95 Å². The molecular weight excluding hydrogens is 180 g/mol. The number of nitrogen functional groups attached to an aromatic ring is 1. The molecule has 5 heteroatoms. The predicted molar refractivity (Wildman–Crippen MR) is 51.9 cm³/mol. The Bertz CT molecular complexity index is 302. The molecule has 76 valence electrons. The van der Waals surface area contributed by atoms with Crippen molar-refractivity contribution in [1.29, 1.82) is 0 Å². The molecule has 0 amide bonds. The zero-order valence-corrected chi connectivity index (χ0v) is 8.23. The summed E-state index contributed by atoms with van der Waals surface area (Å²) in [7, 11) is 0. The van der Waals surface area contributed by atoms with Crippen LogP contribution < -0.4 is 10.5 Å². The largest absolute Gasteiger partial charge is 0.460 e. The molecule has 14 heavy (non-hydrogen) atoms. The normalized spacial score (nSPS) is 17.2. The van der Waals surface area contributed by atoms with Crippen molar-refractivity contribution in [3.8, 4) is 6.01 Å². The van der Waals surface area contributed by atoms with Gasteiger partial charge in [0.15, 0.2) is 0 Å². The third-order valence-electron chi connectivity index (χ3n) is 2.32. The van der Waals surface area contributed by atoms with Crippen LogP contribution in [0.15, 0.2) is 0 Å². The zero-order valence-electron chi connectivity index (χ0n) is 8.23. The molecule has 0 saturated heterocycles. The van der Waals surface area contributed by atoms with E-state index in [9.17, 15) is 0 Å². The van der Waals surface area contributed by atoms with Crippen LogP contribution in [0.1, 0.15) is 31.5 Å². The molecular formula is C9H14N4O. The molecule has 1 aromatic rings. The lowest BCUT2D eigenvalue weighted by atomic mass is 10.3. The lowest BCUT2D eigenvalue weighted by Gasteiger charge is -2.10. The SMILES string of the molecule is Cc1nc(N)nc(OC2CCCC2)n1. The molecule has 0 atom stereocenters. The number of hydrogen-bond acceptors (Lipinski definition) is 5. The summed E-state index contributed by atoms with van der Waals surface area (Å²) in [6.45, 7) is 1.78. The van der Waals surface area contributed by atoms with Gasteiger partial charge in [0.1, 0.15) is 11.9 Å². The van der Waals surface area contributed by atoms with Crippen LogP contribution >= 0.6 is 0 Å². The van der Waals surface area contributed by atoms with Gasteiger partial charge in [0.25, 0.3) is 0 Å². The van der Waals surface area contributed by atoms with Gasteiger partial charge < -0.3 is 10.5 Å². The number of rotatable bonds is 2. The van der Waals surface area contributed by atoms with Crippen molar-refractivity contribution >= 4 is 5.95 Å². The minimum atomic E-state index is 0.227. The predicted octanol–water partition coefficient (Wildman–Crippen LogP) is 1.08. The third kappa shape index (κ3) is 2.10. The highest BCUT2D eigenvalue weighted by Gasteiger charge is 2.17. The summed E-state index contributed by atoms with van der Waals surface area (Å²) >= 11 is 0. The van der Waals surface area contributed by atoms with Crippen molar-refractivity contribution in [3.63, 3.8) is 0 Å². The highest BCUT2D eigenvalue weighted by molar-refractivity contribution is 5.17. The van der Waals surface area contributed by atoms with Crippen molar-refractivity contribution in [3.05, 3.63) is 5.82 Å². The first-order valence-electron chi connectivity index (χ1n) is 4.89. The Labute approximate surface area is 82.7 Å². The van der Waals surface area contributed by atoms with E-state index in [0.717, 1.165) is 12.8 Å². The van der Waals surface area contributed by atoms with Crippen LogP contribution in [0.5, 0.6) is 6.01 Å². The van der Waals surface area contributed by atoms with E-state index in [4.69, 9.17) is 10.5 Å². The topological polar surface area (TPSA) is 73.9 Å². The highest BCUT2D eigenvalue weighted by atomic mass is 16.5. The van der Waals surface area contributed by atoms with Crippen LogP contribution in [0.2, 0.25) is 0 Å². The van der Waals surface area contributed by atoms with Crippen LogP contribution in [0, 0.1) is 6.92 Å². The van der Waals surface area contributed by atoms with Crippen LogP contribution in [0.3, 0.4) is 0 Å². The number of hydrogen-bond donors (Lipinski definition) is 1. The quantitative estimate of drug-likeness (QED) is 0.762. The number of ether oxygens (including phenoxy) is 1. The van der Waals surface area contributed by atoms with Crippen molar-refractivity contribution < 1.29 is 4.74 Å². The van der Waals surface area contributed by atoms with E-state index in [0.29, 0.717) is 11.8 Å². The molecule has 1 saturated carbocycles. The van der Waals surface area contributed by atoms with Crippen LogP contribution in [0.4, 0.5) is 5.95 Å². The van der Waals surface area contributed by atoms with E-state index in [1.165, 1.54) is 12.8 Å². The standard InChI is InChI=1S/C9H14N4O/c1-6-11-8(10)13-9(12-6)14-7-4-2-3-5-7/h7H,2-5H2,1H3,(H2,10,11,12,13). The van der Waals surface area contributed by atoms with Gasteiger partial charge in [-0.25, -0.2) is 0 Å². The smallest absolute Gasteiger partial charge is 0.321 e. The van der Waals surface area contributed by atoms with Crippen molar-refractivity contribution in [1.82, 2.24) is 15.0 Å². The Balaban J connectivity index is 2.07. The maximum Gasteiger partial charge on any atom is 0.321 e. The van der Waals surface area contributed by atoms with E-state index >= 15 is 0 Å². The molecule has 0 radical (unpaired) electrons. The van der Waals surface area contributed by atoms with Crippen molar-refractivity contribution in [2.45, 2.75) is 38.7 Å². The Hall–Kier alpha value is -1.39. The van der Waals surface area contributed by atoms with Gasteiger partial charge in [0.05, 0.1) is 0 Å². The molecule has 2 N–H and O–H groups in total. The summed E-state index contributed by atoms with van der Waals surface area (Å²) in [6.07, 6.45) is 4.89. The molecule has 0 aromatic carbocycles. The lowest BCUT2D eigenvalue weighted by molar-refractivity contribution is 0.191. The summed E-state index contributed by atoms with van der Waals surface area (Å²) in [4.78, 5) is 11.9. The van der Waals surface area contributed by atoms with Crippen LogP contribution in [-0.2, 0) is 0 Å². The first-order valence-corrected chi connectivity index (χ1v) is 4.89. The molecule has 0 bridgehead atoms. The minimum absolute atomic E-state index is 0.227. The summed E-state index contributed by atoms with van der Waals surface area (Å²) in [5, 5.41) is 0. The summed E-state index contributed by atoms with van der Waals surface area (Å²) in [5.74, 6) is 0.830. The molecule has 0 unspecified atom stereocenters. The zero-order chi connectivity index (χ0) is 9.97. The second kappa shape index (κ2) is 3.77. The van der Waals surface area contributed by atoms with Gasteiger partial charge in [-0.2, -0.15) is 15.0 Å². The number of anilines is 1. The monoisotopic (exact) mass is 194 g/mol. The molecule has 2 rings (SSSR count). The fourth-order valence-corrected chi connectivity index (χ4v) is 1.69. The number of nitrogens with two attached hydrogens (primary N) is 1. The number of nitrogens with zero attached hydrogens (tertiary/aromatic N) is 3. The second-order valence-corrected chi connectivity index (χ2v) is 3.55. The summed E-state index contributed by atoms with van der Waals surface area (Å²) in [5.41, 5.74) is 5.49. The Morgan fingerprint density at radius 1 is 1.21 bits per heavy atom. The first kappa shape index (κ1) is 9.18. The van der Waals surface area contributed by atoms with Gasteiger partial charge in [-0.1, -0.05) is 0 Å². The fourth-order valence-electron chi connectivity index (χ4n) is 1.69. The Morgan fingerprint density at radius 3 is 2.57 bits per heavy atom. The second-order valence-electron chi connectivity index (χ2n) is 3.55. The molecule has 1 aliphatic rings. The van der Waals surface area contributed by atoms with Crippen molar-refractivity contribution in [2.75, 3.05) is 5.73 Å². The van der Waals surface area contributed by atoms with Crippen molar-refractivity contribution in [2.24, 2.45) is 0 Å². The van der Waals surface area contributed by atoms with Crippen LogP contribution in [-0.4, -0.2) is 21.1 Å². The average molecular weight is 194 g/mol. The van der Waals surface area contributed by atoms with E-state index in [2.05, 4.69) is 15.0 Å². The van der Waals surface area contributed by atoms with E-state index < -0.39 is 0 Å². The molecule has 0 aliphatic heterocycles. The van der Waals surface area contributed by atoms with Crippen LogP contribution in [0.25, 0.3) is 0 Å². The molecule has 1 fully saturated rings. The average Bonchev–Trinajstić information content (AvgIpc) is 2.54. The Morgan fingerprint density at radius 2 is 1.93 bits per heavy atom. The molecule has 0 spiro atoms. The maximum absolute atomic E-state index is 5.59. The van der Waals surface area contributed by atoms with E-state index in [-0.39, 0.29) is 12.1 Å². The van der Waals surface area contributed by atoms with Gasteiger partial charge in [-0.15, -0.1) is 0 Å². The van der Waals surface area contributed by atoms with Gasteiger partial charge >= 0.3 is 6.01 Å². The molecule has 1 aromatic heterocycles. The summed E-state index contributed by atoms with van der Waals surface area (Å²) in [6, 6.07) is 0.363. The molecule has 5 nitrogen and oxygen atoms in total. The minimum Gasteiger partial charge on any atom is -0.460 e. The first-order chi connectivity index (χ1) is 6.74. The number of aryl methyl sites for hydroxylation is 1. The lowest BCUT2D eigenvalue weighted by Crippen LogP contribution is -2.14. The van der Waals surface area contributed by atoms with Gasteiger partial charge in [-0.3, -0.25) is 0 Å².